The number of rotatable bonds is 4. The van der Waals surface area contributed by atoms with Gasteiger partial charge in [0.15, 0.2) is 0 Å². The Balaban J connectivity index is 2.11. The van der Waals surface area contributed by atoms with Gasteiger partial charge in [0.1, 0.15) is 23.9 Å². The van der Waals surface area contributed by atoms with Crippen LogP contribution in [0.15, 0.2) is 40.9 Å². The molecule has 2 aromatic rings. The summed E-state index contributed by atoms with van der Waals surface area (Å²) in [5.41, 5.74) is 7.19. The predicted molar refractivity (Wildman–Crippen MR) is 75.8 cm³/mol. The van der Waals surface area contributed by atoms with Crippen LogP contribution in [0.5, 0.6) is 11.5 Å². The van der Waals surface area contributed by atoms with Crippen molar-refractivity contribution in [3.8, 4) is 11.5 Å². The van der Waals surface area contributed by atoms with Gasteiger partial charge in [-0.15, -0.1) is 0 Å². The van der Waals surface area contributed by atoms with Gasteiger partial charge in [-0.2, -0.15) is 0 Å². The van der Waals surface area contributed by atoms with Gasteiger partial charge in [0, 0.05) is 6.07 Å². The van der Waals surface area contributed by atoms with Gasteiger partial charge in [-0.05, 0) is 45.8 Å². The molecule has 0 aliphatic heterocycles. The maximum atomic E-state index is 13.1. The van der Waals surface area contributed by atoms with Crippen molar-refractivity contribution in [1.29, 1.82) is 0 Å². The van der Waals surface area contributed by atoms with Gasteiger partial charge in [0.2, 0.25) is 0 Å². The van der Waals surface area contributed by atoms with Crippen molar-refractivity contribution >= 4 is 21.6 Å². The summed E-state index contributed by atoms with van der Waals surface area (Å²) in [4.78, 5) is 0. The van der Waals surface area contributed by atoms with E-state index in [-0.39, 0.29) is 5.82 Å². The van der Waals surface area contributed by atoms with Crippen molar-refractivity contribution in [3.05, 3.63) is 52.3 Å². The van der Waals surface area contributed by atoms with Gasteiger partial charge in [-0.1, -0.05) is 6.07 Å². The molecule has 0 spiro atoms. The molecule has 0 bridgehead atoms. The summed E-state index contributed by atoms with van der Waals surface area (Å²) in [5.74, 6) is 0.911. The molecule has 0 unspecified atom stereocenters. The van der Waals surface area contributed by atoms with Crippen molar-refractivity contribution in [1.82, 2.24) is 0 Å². The van der Waals surface area contributed by atoms with Crippen LogP contribution in [-0.4, -0.2) is 7.11 Å². The highest BCUT2D eigenvalue weighted by atomic mass is 79.9. The molecule has 0 heterocycles. The quantitative estimate of drug-likeness (QED) is 0.870. The Labute approximate surface area is 119 Å². The summed E-state index contributed by atoms with van der Waals surface area (Å²) in [6, 6.07) is 9.92. The van der Waals surface area contributed by atoms with Gasteiger partial charge in [-0.3, -0.25) is 0 Å². The van der Waals surface area contributed by atoms with Crippen LogP contribution in [-0.2, 0) is 6.61 Å². The van der Waals surface area contributed by atoms with Crippen LogP contribution in [0, 0.1) is 5.82 Å². The van der Waals surface area contributed by atoms with Crippen LogP contribution < -0.4 is 15.2 Å². The summed E-state index contributed by atoms with van der Waals surface area (Å²) in [6.07, 6.45) is 0. The molecule has 0 aromatic heterocycles. The maximum Gasteiger partial charge on any atom is 0.146 e. The molecule has 19 heavy (non-hydrogen) atoms. The minimum atomic E-state index is -0.301. The lowest BCUT2D eigenvalue weighted by Crippen LogP contribution is -1.99. The Morgan fingerprint density at radius 2 is 2.00 bits per heavy atom. The van der Waals surface area contributed by atoms with E-state index in [0.29, 0.717) is 28.3 Å². The zero-order valence-corrected chi connectivity index (χ0v) is 11.9. The van der Waals surface area contributed by atoms with E-state index in [0.717, 1.165) is 5.56 Å². The molecule has 2 aromatic carbocycles. The molecule has 0 saturated carbocycles. The molecule has 3 nitrogen and oxygen atoms in total. The summed E-state index contributed by atoms with van der Waals surface area (Å²) in [7, 11) is 1.58. The van der Waals surface area contributed by atoms with Crippen LogP contribution >= 0.6 is 15.9 Å². The molecule has 2 N–H and O–H groups in total. The first-order valence-corrected chi connectivity index (χ1v) is 6.39. The van der Waals surface area contributed by atoms with Crippen LogP contribution in [0.1, 0.15) is 5.56 Å². The lowest BCUT2D eigenvalue weighted by Gasteiger charge is -2.10. The van der Waals surface area contributed by atoms with E-state index in [1.165, 1.54) is 6.07 Å². The van der Waals surface area contributed by atoms with Crippen LogP contribution in [0.3, 0.4) is 0 Å². The number of hydrogen-bond donors (Lipinski definition) is 1. The van der Waals surface area contributed by atoms with Gasteiger partial charge >= 0.3 is 0 Å². The molecule has 0 fully saturated rings. The van der Waals surface area contributed by atoms with Crippen LogP contribution in [0.2, 0.25) is 0 Å². The minimum Gasteiger partial charge on any atom is -0.497 e. The van der Waals surface area contributed by atoms with E-state index in [1.54, 1.807) is 37.4 Å². The summed E-state index contributed by atoms with van der Waals surface area (Å²) in [6.45, 7) is 0.302. The van der Waals surface area contributed by atoms with Crippen molar-refractivity contribution in [2.45, 2.75) is 6.61 Å². The smallest absolute Gasteiger partial charge is 0.146 e. The number of anilines is 1. The first kappa shape index (κ1) is 13.7. The largest absolute Gasteiger partial charge is 0.497 e. The maximum absolute atomic E-state index is 13.1. The SMILES string of the molecule is COc1ccc(N)c(OCc2ccc(F)c(Br)c2)c1. The molecule has 0 radical (unpaired) electrons. The molecule has 0 saturated heterocycles. The van der Waals surface area contributed by atoms with Gasteiger partial charge in [-0.25, -0.2) is 4.39 Å². The highest BCUT2D eigenvalue weighted by molar-refractivity contribution is 9.10. The molecular formula is C14H13BrFNO2. The van der Waals surface area contributed by atoms with E-state index in [9.17, 15) is 4.39 Å². The van der Waals surface area contributed by atoms with E-state index < -0.39 is 0 Å². The second-order valence-electron chi connectivity index (χ2n) is 3.94. The molecule has 0 aliphatic carbocycles. The Hall–Kier alpha value is -1.75. The average molecular weight is 326 g/mol. The van der Waals surface area contributed by atoms with Crippen molar-refractivity contribution in [3.63, 3.8) is 0 Å². The molecule has 2 rings (SSSR count). The lowest BCUT2D eigenvalue weighted by molar-refractivity contribution is 0.305. The Bertz CT molecular complexity index is 590. The highest BCUT2D eigenvalue weighted by Crippen LogP contribution is 2.27. The van der Waals surface area contributed by atoms with Gasteiger partial charge in [0.25, 0.3) is 0 Å². The topological polar surface area (TPSA) is 44.5 Å². The number of hydrogen-bond acceptors (Lipinski definition) is 3. The molecule has 100 valence electrons. The minimum absolute atomic E-state index is 0.301. The standard InChI is InChI=1S/C14H13BrFNO2/c1-18-10-3-5-13(17)14(7-10)19-8-9-2-4-12(16)11(15)6-9/h2-7H,8,17H2,1H3. The highest BCUT2D eigenvalue weighted by Gasteiger charge is 2.05. The summed E-state index contributed by atoms with van der Waals surface area (Å²) >= 11 is 3.13. The summed E-state index contributed by atoms with van der Waals surface area (Å²) < 4.78 is 24.2. The predicted octanol–water partition coefficient (Wildman–Crippen LogP) is 3.76. The third-order valence-corrected chi connectivity index (χ3v) is 3.21. The number of benzene rings is 2. The number of nitrogen functional groups attached to an aromatic ring is 1. The zero-order chi connectivity index (χ0) is 13.8. The van der Waals surface area contributed by atoms with Gasteiger partial charge < -0.3 is 15.2 Å². The molecule has 0 aliphatic rings. The van der Waals surface area contributed by atoms with E-state index in [2.05, 4.69) is 15.9 Å². The zero-order valence-electron chi connectivity index (χ0n) is 10.3. The van der Waals surface area contributed by atoms with E-state index >= 15 is 0 Å². The molecular weight excluding hydrogens is 313 g/mol. The van der Waals surface area contributed by atoms with E-state index in [4.69, 9.17) is 15.2 Å². The fourth-order valence-electron chi connectivity index (χ4n) is 1.56. The van der Waals surface area contributed by atoms with E-state index in [1.807, 2.05) is 0 Å². The number of nitrogens with two attached hydrogens (primary N) is 1. The van der Waals surface area contributed by atoms with Crippen LogP contribution in [0.25, 0.3) is 0 Å². The van der Waals surface area contributed by atoms with Gasteiger partial charge in [0.05, 0.1) is 17.3 Å². The normalized spacial score (nSPS) is 10.3. The molecule has 0 amide bonds. The van der Waals surface area contributed by atoms with Crippen molar-refractivity contribution < 1.29 is 13.9 Å². The Kier molecular flexibility index (Phi) is 4.27. The third kappa shape index (κ3) is 3.38. The van der Waals surface area contributed by atoms with Crippen LogP contribution in [0.4, 0.5) is 10.1 Å². The molecule has 5 heteroatoms. The second-order valence-corrected chi connectivity index (χ2v) is 4.80. The van der Waals surface area contributed by atoms with Crippen molar-refractivity contribution in [2.75, 3.05) is 12.8 Å². The number of ether oxygens (including phenoxy) is 2. The Morgan fingerprint density at radius 1 is 1.21 bits per heavy atom. The molecule has 0 atom stereocenters. The Morgan fingerprint density at radius 3 is 2.68 bits per heavy atom. The monoisotopic (exact) mass is 325 g/mol. The number of methoxy groups -OCH3 is 1. The first-order valence-electron chi connectivity index (χ1n) is 5.60. The lowest BCUT2D eigenvalue weighted by atomic mass is 10.2. The third-order valence-electron chi connectivity index (χ3n) is 2.60. The van der Waals surface area contributed by atoms with Crippen molar-refractivity contribution in [2.24, 2.45) is 0 Å². The second kappa shape index (κ2) is 5.93. The number of halogens is 2. The fraction of sp³-hybridized carbons (Fsp3) is 0.143. The summed E-state index contributed by atoms with van der Waals surface area (Å²) in [5, 5.41) is 0. The first-order chi connectivity index (χ1) is 9.10. The fourth-order valence-corrected chi connectivity index (χ4v) is 1.98. The average Bonchev–Trinajstić information content (AvgIpc) is 2.41.